The van der Waals surface area contributed by atoms with Gasteiger partial charge >= 0.3 is 51.4 Å². The molecule has 0 aromatic heterocycles. The molecule has 1 N–H and O–H groups in total. The Morgan fingerprint density at radius 3 is 2.09 bits per heavy atom. The van der Waals surface area contributed by atoms with E-state index in [4.69, 9.17) is 0 Å². The number of hydrogen-bond donors (Lipinski definition) is 1. The summed E-state index contributed by atoms with van der Waals surface area (Å²) >= 11 is 0. The van der Waals surface area contributed by atoms with E-state index >= 15 is 0 Å². The van der Waals surface area contributed by atoms with Gasteiger partial charge in [-0.25, -0.2) is 0 Å². The van der Waals surface area contributed by atoms with E-state index in [1.165, 1.54) is 32.1 Å². The molecule has 1 rings (SSSR count). The van der Waals surface area contributed by atoms with Gasteiger partial charge in [0.2, 0.25) is 0 Å². The van der Waals surface area contributed by atoms with E-state index in [-0.39, 0.29) is 51.4 Å². The first kappa shape index (κ1) is 12.6. The van der Waals surface area contributed by atoms with Crippen molar-refractivity contribution in [1.82, 2.24) is 5.32 Å². The zero-order valence-electron chi connectivity index (χ0n) is 7.19. The second-order valence-corrected chi connectivity index (χ2v) is 3.66. The fourth-order valence-corrected chi connectivity index (χ4v) is 1.74. The van der Waals surface area contributed by atoms with Crippen LogP contribution in [-0.2, 0) is 0 Å². The Bertz CT molecular complexity index is 87.6. The van der Waals surface area contributed by atoms with E-state index in [9.17, 15) is 0 Å². The first-order valence-electron chi connectivity index (χ1n) is 4.55. The van der Waals surface area contributed by atoms with Crippen molar-refractivity contribution in [2.24, 2.45) is 0 Å². The molecular weight excluding hydrogens is 161 g/mol. The van der Waals surface area contributed by atoms with Crippen LogP contribution in [0.5, 0.6) is 0 Å². The zero-order valence-corrected chi connectivity index (χ0v) is 7.19. The zero-order chi connectivity index (χ0) is 7.40. The summed E-state index contributed by atoms with van der Waals surface area (Å²) in [7, 11) is 0. The third-order valence-electron chi connectivity index (χ3n) is 2.17. The predicted molar refractivity (Wildman–Crippen MR) is 52.3 cm³/mol. The Hall–Kier alpha value is 1.60. The first-order chi connectivity index (χ1) is 4.79. The average molecular weight is 181 g/mol. The molecule has 1 aliphatic carbocycles. The normalized spacial score (nSPS) is 19.9. The van der Waals surface area contributed by atoms with E-state index < -0.39 is 0 Å². The Kier molecular flexibility index (Phi) is 8.07. The van der Waals surface area contributed by atoms with Crippen LogP contribution in [0.25, 0.3) is 0 Å². The van der Waals surface area contributed by atoms with Crippen molar-refractivity contribution < 1.29 is 0 Å². The predicted octanol–water partition coefficient (Wildman–Crippen LogP) is 1.67. The molecule has 1 nitrogen and oxygen atoms in total. The van der Waals surface area contributed by atoms with Gasteiger partial charge in [0, 0.05) is 12.1 Å². The molecule has 62 valence electrons. The van der Waals surface area contributed by atoms with Gasteiger partial charge in [-0.1, -0.05) is 33.1 Å². The molecule has 1 aliphatic rings. The Labute approximate surface area is 113 Å². The molecule has 0 aromatic carbocycles. The SMILES string of the molecule is CC(C)NC1CCCCC1.[KH]. The standard InChI is InChI=1S/C9H19N.K.H/c1-8(2)10-9-6-4-3-5-7-9;;/h8-10H,3-7H2,1-2H3;;. The van der Waals surface area contributed by atoms with Gasteiger partial charge in [-0.15, -0.1) is 0 Å². The van der Waals surface area contributed by atoms with E-state index in [0.29, 0.717) is 6.04 Å². The maximum absolute atomic E-state index is 3.58. The van der Waals surface area contributed by atoms with Crippen molar-refractivity contribution >= 4 is 51.4 Å². The summed E-state index contributed by atoms with van der Waals surface area (Å²) in [6.45, 7) is 4.46. The van der Waals surface area contributed by atoms with Crippen LogP contribution in [0.15, 0.2) is 0 Å². The van der Waals surface area contributed by atoms with Gasteiger partial charge in [-0.3, -0.25) is 0 Å². The second kappa shape index (κ2) is 7.04. The summed E-state index contributed by atoms with van der Waals surface area (Å²) in [4.78, 5) is 0. The Balaban J connectivity index is 0.000001000. The van der Waals surface area contributed by atoms with Crippen molar-refractivity contribution in [3.63, 3.8) is 0 Å². The molecule has 0 aliphatic heterocycles. The molecule has 0 amide bonds. The van der Waals surface area contributed by atoms with Crippen molar-refractivity contribution in [3.8, 4) is 0 Å². The summed E-state index contributed by atoms with van der Waals surface area (Å²) in [6, 6.07) is 1.50. The molecule has 0 unspecified atom stereocenters. The molecule has 0 spiro atoms. The van der Waals surface area contributed by atoms with Gasteiger partial charge in [0.25, 0.3) is 0 Å². The second-order valence-electron chi connectivity index (χ2n) is 3.66. The molecule has 0 bridgehead atoms. The molecule has 0 atom stereocenters. The van der Waals surface area contributed by atoms with E-state index in [0.717, 1.165) is 6.04 Å². The van der Waals surface area contributed by atoms with Gasteiger partial charge in [0.1, 0.15) is 0 Å². The Morgan fingerprint density at radius 2 is 1.64 bits per heavy atom. The summed E-state index contributed by atoms with van der Waals surface area (Å²) in [5.74, 6) is 0. The van der Waals surface area contributed by atoms with Crippen LogP contribution < -0.4 is 5.32 Å². The summed E-state index contributed by atoms with van der Waals surface area (Å²) in [5, 5.41) is 3.58. The van der Waals surface area contributed by atoms with Gasteiger partial charge in [0.15, 0.2) is 0 Å². The summed E-state index contributed by atoms with van der Waals surface area (Å²) in [6.07, 6.45) is 7.13. The van der Waals surface area contributed by atoms with Crippen LogP contribution in [0, 0.1) is 0 Å². The number of rotatable bonds is 2. The molecule has 0 heterocycles. The van der Waals surface area contributed by atoms with Gasteiger partial charge in [-0.2, -0.15) is 0 Å². The van der Waals surface area contributed by atoms with Gasteiger partial charge in [-0.05, 0) is 12.8 Å². The topological polar surface area (TPSA) is 12.0 Å². The third kappa shape index (κ3) is 5.78. The summed E-state index contributed by atoms with van der Waals surface area (Å²) < 4.78 is 0. The maximum atomic E-state index is 3.58. The molecule has 1 saturated carbocycles. The van der Waals surface area contributed by atoms with Crippen LogP contribution in [0.3, 0.4) is 0 Å². The molecule has 2 heteroatoms. The van der Waals surface area contributed by atoms with Crippen molar-refractivity contribution in [2.75, 3.05) is 0 Å². The number of nitrogens with one attached hydrogen (secondary N) is 1. The molecule has 0 saturated heterocycles. The van der Waals surface area contributed by atoms with Crippen LogP contribution in [0.4, 0.5) is 0 Å². The third-order valence-corrected chi connectivity index (χ3v) is 2.17. The summed E-state index contributed by atoms with van der Waals surface area (Å²) in [5.41, 5.74) is 0. The quantitative estimate of drug-likeness (QED) is 0.639. The minimum atomic E-state index is 0. The monoisotopic (exact) mass is 181 g/mol. The van der Waals surface area contributed by atoms with Crippen molar-refractivity contribution in [3.05, 3.63) is 0 Å². The molecule has 0 radical (unpaired) electrons. The van der Waals surface area contributed by atoms with E-state index in [2.05, 4.69) is 19.2 Å². The first-order valence-corrected chi connectivity index (χ1v) is 4.55. The van der Waals surface area contributed by atoms with E-state index in [1.807, 2.05) is 0 Å². The number of hydrogen-bond acceptors (Lipinski definition) is 1. The van der Waals surface area contributed by atoms with Gasteiger partial charge < -0.3 is 5.32 Å². The van der Waals surface area contributed by atoms with Gasteiger partial charge in [0.05, 0.1) is 0 Å². The fraction of sp³-hybridized carbons (Fsp3) is 1.00. The van der Waals surface area contributed by atoms with Crippen molar-refractivity contribution in [2.45, 2.75) is 58.0 Å². The van der Waals surface area contributed by atoms with Crippen LogP contribution in [0.1, 0.15) is 46.0 Å². The molecule has 0 aromatic rings. The minimum absolute atomic E-state index is 0. The Morgan fingerprint density at radius 1 is 1.09 bits per heavy atom. The molecule has 11 heavy (non-hydrogen) atoms. The average Bonchev–Trinajstić information content (AvgIpc) is 1.88. The van der Waals surface area contributed by atoms with Crippen LogP contribution in [0.2, 0.25) is 0 Å². The van der Waals surface area contributed by atoms with E-state index in [1.54, 1.807) is 0 Å². The fourth-order valence-electron chi connectivity index (χ4n) is 1.74. The van der Waals surface area contributed by atoms with Crippen molar-refractivity contribution in [1.29, 1.82) is 0 Å². The van der Waals surface area contributed by atoms with Crippen LogP contribution in [-0.4, -0.2) is 63.5 Å². The molecule has 1 fully saturated rings. The molecular formula is C9H20KN. The van der Waals surface area contributed by atoms with Crippen LogP contribution >= 0.6 is 0 Å².